The molecule has 2 rings (SSSR count). The number of carboxylic acids is 1. The maximum atomic E-state index is 11.8. The molecule has 2 heterocycles. The number of aromatic carboxylic acids is 1. The molecular weight excluding hydrogens is 276 g/mol. The molecule has 0 saturated heterocycles. The number of hydrogen-bond acceptors (Lipinski definition) is 4. The summed E-state index contributed by atoms with van der Waals surface area (Å²) in [6.07, 6.45) is 2.56. The minimum Gasteiger partial charge on any atom is -0.477 e. The molecule has 20 heavy (non-hydrogen) atoms. The summed E-state index contributed by atoms with van der Waals surface area (Å²) in [5, 5.41) is 12.2. The Morgan fingerprint density at radius 2 is 2.20 bits per heavy atom. The first-order chi connectivity index (χ1) is 9.56. The smallest absolute Gasteiger partial charge is 0.346 e. The predicted molar refractivity (Wildman–Crippen MR) is 77.2 cm³/mol. The van der Waals surface area contributed by atoms with Gasteiger partial charge in [0.1, 0.15) is 4.88 Å². The van der Waals surface area contributed by atoms with Gasteiger partial charge in [0.25, 0.3) is 0 Å². The summed E-state index contributed by atoms with van der Waals surface area (Å²) < 4.78 is 0. The third-order valence-electron chi connectivity index (χ3n) is 2.71. The Bertz CT molecular complexity index is 623. The van der Waals surface area contributed by atoms with Crippen molar-refractivity contribution >= 4 is 28.2 Å². The fraction of sp³-hybridized carbons (Fsp3) is 0.214. The minimum atomic E-state index is -0.971. The van der Waals surface area contributed by atoms with Gasteiger partial charge in [-0.3, -0.25) is 9.78 Å². The third-order valence-corrected chi connectivity index (χ3v) is 3.85. The maximum Gasteiger partial charge on any atom is 0.346 e. The van der Waals surface area contributed by atoms with Crippen molar-refractivity contribution < 1.29 is 14.7 Å². The summed E-state index contributed by atoms with van der Waals surface area (Å²) in [6.45, 7) is 1.71. The number of carbonyl (C=O) groups is 2. The van der Waals surface area contributed by atoms with Crippen LogP contribution in [0.4, 0.5) is 5.00 Å². The van der Waals surface area contributed by atoms with Gasteiger partial charge >= 0.3 is 5.97 Å². The van der Waals surface area contributed by atoms with Crippen LogP contribution in [0.25, 0.3) is 0 Å². The largest absolute Gasteiger partial charge is 0.477 e. The van der Waals surface area contributed by atoms with Gasteiger partial charge in [-0.05, 0) is 37.1 Å². The molecule has 0 radical (unpaired) electrons. The lowest BCUT2D eigenvalue weighted by Crippen LogP contribution is -2.11. The van der Waals surface area contributed by atoms with Gasteiger partial charge in [-0.15, -0.1) is 11.3 Å². The molecule has 0 aliphatic rings. The number of hydrogen-bond donors (Lipinski definition) is 2. The fourth-order valence-corrected chi connectivity index (χ4v) is 2.67. The molecule has 0 aromatic carbocycles. The summed E-state index contributed by atoms with van der Waals surface area (Å²) >= 11 is 1.07. The number of amides is 1. The van der Waals surface area contributed by atoms with Crippen molar-refractivity contribution in [2.45, 2.75) is 19.8 Å². The molecule has 0 bridgehead atoms. The number of anilines is 1. The van der Waals surface area contributed by atoms with Crippen LogP contribution >= 0.6 is 11.3 Å². The second-order valence-corrected chi connectivity index (χ2v) is 5.35. The van der Waals surface area contributed by atoms with Gasteiger partial charge in [0.2, 0.25) is 5.91 Å². The van der Waals surface area contributed by atoms with Gasteiger partial charge in [-0.2, -0.15) is 0 Å². The van der Waals surface area contributed by atoms with Crippen molar-refractivity contribution in [3.8, 4) is 0 Å². The average molecular weight is 290 g/mol. The Morgan fingerprint density at radius 3 is 2.80 bits per heavy atom. The van der Waals surface area contributed by atoms with Crippen LogP contribution in [0, 0.1) is 6.92 Å². The Labute approximate surface area is 120 Å². The lowest BCUT2D eigenvalue weighted by molar-refractivity contribution is -0.116. The second kappa shape index (κ2) is 6.29. The highest BCUT2D eigenvalue weighted by atomic mass is 32.1. The lowest BCUT2D eigenvalue weighted by atomic mass is 10.2. The average Bonchev–Trinajstić information content (AvgIpc) is 2.78. The number of rotatable bonds is 5. The van der Waals surface area contributed by atoms with Gasteiger partial charge < -0.3 is 10.4 Å². The van der Waals surface area contributed by atoms with E-state index in [4.69, 9.17) is 5.11 Å². The van der Waals surface area contributed by atoms with Crippen LogP contribution in [0.3, 0.4) is 0 Å². The van der Waals surface area contributed by atoms with Crippen molar-refractivity contribution in [3.05, 3.63) is 46.6 Å². The van der Waals surface area contributed by atoms with Crippen LogP contribution in [0.15, 0.2) is 30.5 Å². The number of nitrogens with zero attached hydrogens (tertiary/aromatic N) is 1. The number of aromatic nitrogens is 1. The molecule has 0 saturated carbocycles. The number of thiophene rings is 1. The van der Waals surface area contributed by atoms with E-state index in [-0.39, 0.29) is 10.8 Å². The standard InChI is InChI=1S/C14H14N2O3S/c1-9-8-12(20-13(9)14(18)19)16-11(17)6-5-10-4-2-3-7-15-10/h2-4,7-8H,5-6H2,1H3,(H,16,17)(H,18,19). The fourth-order valence-electron chi connectivity index (χ4n) is 1.74. The summed E-state index contributed by atoms with van der Waals surface area (Å²) in [5.41, 5.74) is 1.51. The summed E-state index contributed by atoms with van der Waals surface area (Å²) in [7, 11) is 0. The van der Waals surface area contributed by atoms with Crippen LogP contribution < -0.4 is 5.32 Å². The topological polar surface area (TPSA) is 79.3 Å². The minimum absolute atomic E-state index is 0.145. The van der Waals surface area contributed by atoms with Crippen LogP contribution in [0.1, 0.15) is 27.3 Å². The highest BCUT2D eigenvalue weighted by Crippen LogP contribution is 2.26. The molecule has 0 spiro atoms. The zero-order valence-electron chi connectivity index (χ0n) is 10.9. The van der Waals surface area contributed by atoms with Crippen LogP contribution in [-0.4, -0.2) is 22.0 Å². The first kappa shape index (κ1) is 14.2. The quantitative estimate of drug-likeness (QED) is 0.887. The molecule has 5 nitrogen and oxygen atoms in total. The van der Waals surface area contributed by atoms with E-state index in [0.29, 0.717) is 23.4 Å². The molecule has 2 N–H and O–H groups in total. The van der Waals surface area contributed by atoms with Crippen LogP contribution in [-0.2, 0) is 11.2 Å². The van der Waals surface area contributed by atoms with Gasteiger partial charge in [-0.25, -0.2) is 4.79 Å². The van der Waals surface area contributed by atoms with E-state index in [1.807, 2.05) is 18.2 Å². The SMILES string of the molecule is Cc1cc(NC(=O)CCc2ccccn2)sc1C(=O)O. The number of carbonyl (C=O) groups excluding carboxylic acids is 1. The Hall–Kier alpha value is -2.21. The van der Waals surface area contributed by atoms with E-state index in [0.717, 1.165) is 17.0 Å². The molecule has 2 aromatic heterocycles. The van der Waals surface area contributed by atoms with Gasteiger partial charge in [0.15, 0.2) is 0 Å². The molecule has 1 amide bonds. The van der Waals surface area contributed by atoms with Gasteiger partial charge in [-0.1, -0.05) is 6.07 Å². The Morgan fingerprint density at radius 1 is 1.40 bits per heavy atom. The highest BCUT2D eigenvalue weighted by molar-refractivity contribution is 7.18. The maximum absolute atomic E-state index is 11.8. The third kappa shape index (κ3) is 3.64. The van der Waals surface area contributed by atoms with E-state index in [2.05, 4.69) is 10.3 Å². The van der Waals surface area contributed by atoms with Crippen LogP contribution in [0.2, 0.25) is 0 Å². The van der Waals surface area contributed by atoms with Crippen LogP contribution in [0.5, 0.6) is 0 Å². The molecule has 104 valence electrons. The van der Waals surface area contributed by atoms with Crippen molar-refractivity contribution in [1.29, 1.82) is 0 Å². The summed E-state index contributed by atoms with van der Waals surface area (Å²) in [4.78, 5) is 27.1. The molecule has 6 heteroatoms. The van der Waals surface area contributed by atoms with E-state index in [1.165, 1.54) is 0 Å². The van der Waals surface area contributed by atoms with Gasteiger partial charge in [0.05, 0.1) is 5.00 Å². The highest BCUT2D eigenvalue weighted by Gasteiger charge is 2.13. The molecular formula is C14H14N2O3S. The summed E-state index contributed by atoms with van der Waals surface area (Å²) in [6, 6.07) is 7.24. The number of aryl methyl sites for hydroxylation is 2. The molecule has 0 aliphatic heterocycles. The lowest BCUT2D eigenvalue weighted by Gasteiger charge is -2.02. The molecule has 0 aliphatic carbocycles. The van der Waals surface area contributed by atoms with Crippen molar-refractivity contribution in [1.82, 2.24) is 4.98 Å². The van der Waals surface area contributed by atoms with E-state index in [1.54, 1.807) is 19.2 Å². The van der Waals surface area contributed by atoms with Crippen molar-refractivity contribution in [2.24, 2.45) is 0 Å². The number of nitrogens with one attached hydrogen (secondary N) is 1. The van der Waals surface area contributed by atoms with E-state index >= 15 is 0 Å². The molecule has 2 aromatic rings. The van der Waals surface area contributed by atoms with Crippen molar-refractivity contribution in [3.63, 3.8) is 0 Å². The molecule has 0 fully saturated rings. The zero-order valence-corrected chi connectivity index (χ0v) is 11.7. The number of carboxylic acid groups (broad SMARTS) is 1. The van der Waals surface area contributed by atoms with Crippen molar-refractivity contribution in [2.75, 3.05) is 5.32 Å². The first-order valence-electron chi connectivity index (χ1n) is 6.10. The van der Waals surface area contributed by atoms with E-state index in [9.17, 15) is 9.59 Å². The molecule has 0 atom stereocenters. The number of pyridine rings is 1. The monoisotopic (exact) mass is 290 g/mol. The second-order valence-electron chi connectivity index (χ2n) is 4.30. The zero-order chi connectivity index (χ0) is 14.5. The normalized spacial score (nSPS) is 10.2. The van der Waals surface area contributed by atoms with E-state index < -0.39 is 5.97 Å². The first-order valence-corrected chi connectivity index (χ1v) is 6.91. The summed E-state index contributed by atoms with van der Waals surface area (Å²) in [5.74, 6) is -1.12. The Balaban J connectivity index is 1.92. The Kier molecular flexibility index (Phi) is 4.47. The molecule has 0 unspecified atom stereocenters. The van der Waals surface area contributed by atoms with Gasteiger partial charge in [0, 0.05) is 18.3 Å². The predicted octanol–water partition coefficient (Wildman–Crippen LogP) is 2.72.